The van der Waals surface area contributed by atoms with Gasteiger partial charge in [0.1, 0.15) is 5.15 Å². The van der Waals surface area contributed by atoms with E-state index in [1.54, 1.807) is 18.2 Å². The lowest BCUT2D eigenvalue weighted by atomic mass is 9.89. The van der Waals surface area contributed by atoms with Gasteiger partial charge >= 0.3 is 0 Å². The van der Waals surface area contributed by atoms with Crippen molar-refractivity contribution in [1.82, 2.24) is 9.88 Å². The minimum atomic E-state index is -0.300. The second-order valence-electron chi connectivity index (χ2n) is 7.97. The number of piperidine rings is 1. The van der Waals surface area contributed by atoms with E-state index in [9.17, 15) is 9.59 Å². The highest BCUT2D eigenvalue weighted by Crippen LogP contribution is 2.30. The maximum atomic E-state index is 13.1. The molecule has 0 saturated carbocycles. The average molecular weight is 468 g/mol. The van der Waals surface area contributed by atoms with Crippen LogP contribution in [0.4, 0.5) is 5.69 Å². The fourth-order valence-electron chi connectivity index (χ4n) is 3.93. The molecule has 1 N–H and O–H groups in total. The highest BCUT2D eigenvalue weighted by atomic mass is 35.5. The van der Waals surface area contributed by atoms with Gasteiger partial charge in [-0.3, -0.25) is 9.59 Å². The van der Waals surface area contributed by atoms with E-state index in [0.29, 0.717) is 41.0 Å². The van der Waals surface area contributed by atoms with Gasteiger partial charge in [0.15, 0.2) is 0 Å². The van der Waals surface area contributed by atoms with E-state index in [0.717, 1.165) is 23.4 Å². The Morgan fingerprint density at radius 3 is 2.31 bits per heavy atom. The van der Waals surface area contributed by atoms with Crippen LogP contribution in [0.3, 0.4) is 0 Å². The number of halogens is 2. The van der Waals surface area contributed by atoms with Crippen molar-refractivity contribution in [2.45, 2.75) is 25.7 Å². The number of hydrogen-bond donors (Lipinski definition) is 1. The number of aryl methyl sites for hydroxylation is 1. The van der Waals surface area contributed by atoms with Gasteiger partial charge in [0.2, 0.25) is 0 Å². The first-order valence-electron chi connectivity index (χ1n) is 10.5. The maximum Gasteiger partial charge on any atom is 0.257 e. The number of rotatable bonds is 4. The third kappa shape index (κ3) is 5.12. The molecule has 1 saturated heterocycles. The number of benzene rings is 2. The highest BCUT2D eigenvalue weighted by Gasteiger charge is 2.25. The summed E-state index contributed by atoms with van der Waals surface area (Å²) in [7, 11) is 0. The quantitative estimate of drug-likeness (QED) is 0.480. The summed E-state index contributed by atoms with van der Waals surface area (Å²) in [5.74, 6) is 0.103. The third-order valence-electron chi connectivity index (χ3n) is 5.85. The zero-order valence-electron chi connectivity index (χ0n) is 17.6. The highest BCUT2D eigenvalue weighted by molar-refractivity contribution is 6.30. The number of carbonyl (C=O) groups excluding carboxylic acids is 2. The Balaban J connectivity index is 1.42. The fraction of sp³-hybridized carbons (Fsp3) is 0.240. The topological polar surface area (TPSA) is 62.3 Å². The molecule has 164 valence electrons. The van der Waals surface area contributed by atoms with Crippen LogP contribution in [0.2, 0.25) is 10.2 Å². The number of amides is 2. The van der Waals surface area contributed by atoms with E-state index in [1.165, 1.54) is 11.8 Å². The molecule has 5 nitrogen and oxygen atoms in total. The molecule has 0 bridgehead atoms. The molecular formula is C25H23Cl2N3O2. The minimum Gasteiger partial charge on any atom is -0.339 e. The monoisotopic (exact) mass is 467 g/mol. The molecule has 1 aliphatic rings. The van der Waals surface area contributed by atoms with Crippen molar-refractivity contribution in [3.63, 3.8) is 0 Å². The Hall–Kier alpha value is -2.89. The lowest BCUT2D eigenvalue weighted by Gasteiger charge is -2.32. The van der Waals surface area contributed by atoms with Crippen LogP contribution < -0.4 is 5.32 Å². The minimum absolute atomic E-state index is 0.0248. The summed E-state index contributed by atoms with van der Waals surface area (Å²) in [6, 6.07) is 16.5. The molecule has 4 rings (SSSR count). The Labute approximate surface area is 197 Å². The normalized spacial score (nSPS) is 14.3. The maximum absolute atomic E-state index is 13.1. The van der Waals surface area contributed by atoms with Crippen molar-refractivity contribution < 1.29 is 9.59 Å². The van der Waals surface area contributed by atoms with Crippen LogP contribution in [0, 0.1) is 6.92 Å². The Bertz CT molecular complexity index is 1120. The third-order valence-corrected chi connectivity index (χ3v) is 6.32. The molecule has 7 heteroatoms. The van der Waals surface area contributed by atoms with Crippen molar-refractivity contribution in [2.24, 2.45) is 0 Å². The summed E-state index contributed by atoms with van der Waals surface area (Å²) in [4.78, 5) is 31.5. The van der Waals surface area contributed by atoms with Crippen LogP contribution in [0.1, 0.15) is 50.6 Å². The van der Waals surface area contributed by atoms with Crippen LogP contribution in [0.25, 0.3) is 0 Å². The standard InChI is InChI=1S/C25H23Cl2N3O2/c1-16-2-3-19(14-22(16)29-24(31)20-6-9-23(27)28-15-20)25(32)30-12-10-18(11-13-30)17-4-7-21(26)8-5-17/h2-9,14-15,18H,10-13H2,1H3,(H,29,31). The van der Waals surface area contributed by atoms with E-state index in [1.807, 2.05) is 36.1 Å². The fourth-order valence-corrected chi connectivity index (χ4v) is 4.17. The second kappa shape index (κ2) is 9.72. The number of anilines is 1. The zero-order chi connectivity index (χ0) is 22.7. The van der Waals surface area contributed by atoms with Crippen LogP contribution >= 0.6 is 23.2 Å². The average Bonchev–Trinajstić information content (AvgIpc) is 2.81. The molecule has 2 heterocycles. The van der Waals surface area contributed by atoms with Crippen molar-refractivity contribution in [3.05, 3.63) is 93.2 Å². The lowest BCUT2D eigenvalue weighted by molar-refractivity contribution is 0.0712. The molecule has 1 aromatic heterocycles. The van der Waals surface area contributed by atoms with E-state index >= 15 is 0 Å². The molecule has 0 spiro atoms. The van der Waals surface area contributed by atoms with Gasteiger partial charge in [0.25, 0.3) is 11.8 Å². The zero-order valence-corrected chi connectivity index (χ0v) is 19.2. The first-order valence-corrected chi connectivity index (χ1v) is 11.2. The largest absolute Gasteiger partial charge is 0.339 e. The Morgan fingerprint density at radius 2 is 1.66 bits per heavy atom. The van der Waals surface area contributed by atoms with Gasteiger partial charge in [-0.25, -0.2) is 4.98 Å². The van der Waals surface area contributed by atoms with E-state index in [4.69, 9.17) is 23.2 Å². The lowest BCUT2D eigenvalue weighted by Crippen LogP contribution is -2.38. The van der Waals surface area contributed by atoms with E-state index in [2.05, 4.69) is 22.4 Å². The summed E-state index contributed by atoms with van der Waals surface area (Å²) in [5, 5.41) is 3.93. The van der Waals surface area contributed by atoms with Gasteiger partial charge in [-0.05, 0) is 73.2 Å². The second-order valence-corrected chi connectivity index (χ2v) is 8.80. The number of hydrogen-bond acceptors (Lipinski definition) is 3. The summed E-state index contributed by atoms with van der Waals surface area (Å²) < 4.78 is 0. The van der Waals surface area contributed by atoms with Crippen molar-refractivity contribution in [1.29, 1.82) is 0 Å². The van der Waals surface area contributed by atoms with Crippen molar-refractivity contribution in [3.8, 4) is 0 Å². The predicted octanol–water partition coefficient (Wildman–Crippen LogP) is 5.97. The summed E-state index contributed by atoms with van der Waals surface area (Å²) in [6.07, 6.45) is 3.24. The van der Waals surface area contributed by atoms with Crippen LogP contribution in [0.5, 0.6) is 0 Å². The van der Waals surface area contributed by atoms with Gasteiger partial charge in [0, 0.05) is 35.6 Å². The molecule has 2 aromatic carbocycles. The molecule has 2 amide bonds. The number of likely N-dealkylation sites (tertiary alicyclic amines) is 1. The van der Waals surface area contributed by atoms with Crippen LogP contribution in [-0.4, -0.2) is 34.8 Å². The molecule has 1 aliphatic heterocycles. The Kier molecular flexibility index (Phi) is 6.77. The predicted molar refractivity (Wildman–Crippen MR) is 128 cm³/mol. The molecule has 32 heavy (non-hydrogen) atoms. The van der Waals surface area contributed by atoms with Crippen LogP contribution in [0.15, 0.2) is 60.8 Å². The molecule has 0 unspecified atom stereocenters. The molecular weight excluding hydrogens is 445 g/mol. The number of aromatic nitrogens is 1. The summed E-state index contributed by atoms with van der Waals surface area (Å²) >= 11 is 11.8. The van der Waals surface area contributed by atoms with E-state index in [-0.39, 0.29) is 11.8 Å². The van der Waals surface area contributed by atoms with Crippen molar-refractivity contribution in [2.75, 3.05) is 18.4 Å². The summed E-state index contributed by atoms with van der Waals surface area (Å²) in [6.45, 7) is 3.28. The Morgan fingerprint density at radius 1 is 0.969 bits per heavy atom. The smallest absolute Gasteiger partial charge is 0.257 e. The molecule has 1 fully saturated rings. The van der Waals surface area contributed by atoms with Gasteiger partial charge < -0.3 is 10.2 Å². The van der Waals surface area contributed by atoms with Gasteiger partial charge in [0.05, 0.1) is 5.56 Å². The first-order chi connectivity index (χ1) is 15.4. The number of carbonyl (C=O) groups is 2. The number of pyridine rings is 1. The van der Waals surface area contributed by atoms with Gasteiger partial charge in [-0.1, -0.05) is 41.4 Å². The van der Waals surface area contributed by atoms with Gasteiger partial charge in [-0.2, -0.15) is 0 Å². The SMILES string of the molecule is Cc1ccc(C(=O)N2CCC(c3ccc(Cl)cc3)CC2)cc1NC(=O)c1ccc(Cl)nc1. The molecule has 0 atom stereocenters. The first kappa shape index (κ1) is 22.3. The molecule has 0 radical (unpaired) electrons. The van der Waals surface area contributed by atoms with E-state index < -0.39 is 0 Å². The molecule has 0 aliphatic carbocycles. The molecule has 3 aromatic rings. The van der Waals surface area contributed by atoms with Crippen LogP contribution in [-0.2, 0) is 0 Å². The van der Waals surface area contributed by atoms with Gasteiger partial charge in [-0.15, -0.1) is 0 Å². The number of nitrogens with zero attached hydrogens (tertiary/aromatic N) is 2. The number of nitrogens with one attached hydrogen (secondary N) is 1. The van der Waals surface area contributed by atoms with Crippen molar-refractivity contribution >= 4 is 40.7 Å². The summed E-state index contributed by atoms with van der Waals surface area (Å²) in [5.41, 5.74) is 3.70.